The molecule has 0 bridgehead atoms. The third kappa shape index (κ3) is 4.40. The molecule has 1 aromatic rings. The van der Waals surface area contributed by atoms with E-state index >= 15 is 0 Å². The lowest BCUT2D eigenvalue weighted by molar-refractivity contribution is -0.135. The second-order valence-corrected chi connectivity index (χ2v) is 11.1. The number of halogens is 1. The quantitative estimate of drug-likeness (QED) is 0.410. The van der Waals surface area contributed by atoms with Crippen LogP contribution in [0, 0.1) is 22.7 Å². The SMILES string of the molecule is C=C1CC[C@@H]2[C@](C)(CNCc3ccc(Br)cc3)[C@H](O)CC[C@@]2(C)[C@@H]1/C=C/C1=CCOC1=O. The molecule has 172 valence electrons. The van der Waals surface area contributed by atoms with Crippen LogP contribution in [0.4, 0.5) is 0 Å². The van der Waals surface area contributed by atoms with Crippen molar-refractivity contribution in [3.8, 4) is 0 Å². The summed E-state index contributed by atoms with van der Waals surface area (Å²) in [5, 5.41) is 14.8. The summed E-state index contributed by atoms with van der Waals surface area (Å²) in [6.45, 7) is 10.9. The van der Waals surface area contributed by atoms with Gasteiger partial charge in [-0.25, -0.2) is 4.79 Å². The molecule has 0 amide bonds. The van der Waals surface area contributed by atoms with Crippen molar-refractivity contribution in [1.29, 1.82) is 0 Å². The zero-order valence-corrected chi connectivity index (χ0v) is 20.7. The van der Waals surface area contributed by atoms with Crippen molar-refractivity contribution >= 4 is 21.9 Å². The van der Waals surface area contributed by atoms with Crippen LogP contribution in [0.2, 0.25) is 0 Å². The van der Waals surface area contributed by atoms with Gasteiger partial charge in [-0.3, -0.25) is 0 Å². The van der Waals surface area contributed by atoms with Gasteiger partial charge in [-0.2, -0.15) is 0 Å². The van der Waals surface area contributed by atoms with Gasteiger partial charge in [0.25, 0.3) is 0 Å². The van der Waals surface area contributed by atoms with E-state index in [4.69, 9.17) is 4.74 Å². The molecule has 0 unspecified atom stereocenters. The van der Waals surface area contributed by atoms with Gasteiger partial charge in [0.1, 0.15) is 6.61 Å². The van der Waals surface area contributed by atoms with Gasteiger partial charge in [-0.05, 0) is 60.8 Å². The van der Waals surface area contributed by atoms with E-state index in [1.165, 1.54) is 11.1 Å². The maximum absolute atomic E-state index is 11.9. The molecule has 2 N–H and O–H groups in total. The highest BCUT2D eigenvalue weighted by Gasteiger charge is 2.57. The average molecular weight is 500 g/mol. The van der Waals surface area contributed by atoms with Crippen LogP contribution in [0.15, 0.2) is 64.7 Å². The summed E-state index contributed by atoms with van der Waals surface area (Å²) in [7, 11) is 0. The minimum absolute atomic E-state index is 0.00216. The number of aliphatic hydroxyl groups excluding tert-OH is 1. The monoisotopic (exact) mass is 499 g/mol. The summed E-state index contributed by atoms with van der Waals surface area (Å²) in [6.07, 6.45) is 9.33. The first-order valence-electron chi connectivity index (χ1n) is 11.6. The molecule has 0 spiro atoms. The first-order valence-corrected chi connectivity index (χ1v) is 12.4. The largest absolute Gasteiger partial charge is 0.458 e. The van der Waals surface area contributed by atoms with Gasteiger partial charge >= 0.3 is 5.97 Å². The van der Waals surface area contributed by atoms with Gasteiger partial charge < -0.3 is 15.2 Å². The van der Waals surface area contributed by atoms with E-state index < -0.39 is 0 Å². The van der Waals surface area contributed by atoms with E-state index in [0.29, 0.717) is 18.1 Å². The summed E-state index contributed by atoms with van der Waals surface area (Å²) in [5.74, 6) is 0.306. The Bertz CT molecular complexity index is 937. The minimum atomic E-state index is -0.332. The fraction of sp³-hybridized carbons (Fsp3) is 0.519. The molecule has 32 heavy (non-hydrogen) atoms. The molecular weight excluding hydrogens is 466 g/mol. The van der Waals surface area contributed by atoms with Gasteiger partial charge in [0.05, 0.1) is 11.7 Å². The van der Waals surface area contributed by atoms with E-state index in [2.05, 4.69) is 72.0 Å². The number of nitrogens with one attached hydrogen (secondary N) is 1. The second kappa shape index (κ2) is 9.28. The highest BCUT2D eigenvalue weighted by Crippen LogP contribution is 2.61. The first kappa shape index (κ1) is 23.5. The second-order valence-electron chi connectivity index (χ2n) is 10.1. The fourth-order valence-corrected chi connectivity index (χ4v) is 6.57. The van der Waals surface area contributed by atoms with Crippen LogP contribution in [0.3, 0.4) is 0 Å². The molecule has 1 aliphatic heterocycles. The molecule has 3 aliphatic rings. The molecule has 5 atom stereocenters. The molecule has 0 aromatic heterocycles. The van der Waals surface area contributed by atoms with Crippen LogP contribution in [0.25, 0.3) is 0 Å². The predicted molar refractivity (Wildman–Crippen MR) is 131 cm³/mol. The summed E-state index contributed by atoms with van der Waals surface area (Å²) in [5.41, 5.74) is 2.88. The van der Waals surface area contributed by atoms with E-state index in [1.807, 2.05) is 12.2 Å². The van der Waals surface area contributed by atoms with Crippen LogP contribution in [-0.4, -0.2) is 30.3 Å². The fourth-order valence-electron chi connectivity index (χ4n) is 6.31. The van der Waals surface area contributed by atoms with Crippen LogP contribution >= 0.6 is 15.9 Å². The zero-order valence-electron chi connectivity index (χ0n) is 19.1. The number of ether oxygens (including phenoxy) is 1. The van der Waals surface area contributed by atoms with Gasteiger partial charge in [-0.15, -0.1) is 0 Å². The number of esters is 1. The van der Waals surface area contributed by atoms with Gasteiger partial charge in [0.2, 0.25) is 0 Å². The molecule has 2 fully saturated rings. The molecule has 4 rings (SSSR count). The lowest BCUT2D eigenvalue weighted by Crippen LogP contribution is -2.58. The number of rotatable bonds is 6. The third-order valence-electron chi connectivity index (χ3n) is 8.18. The lowest BCUT2D eigenvalue weighted by Gasteiger charge is -2.60. The molecule has 0 saturated heterocycles. The Morgan fingerprint density at radius 1 is 1.28 bits per heavy atom. The van der Waals surface area contributed by atoms with Crippen molar-refractivity contribution in [1.82, 2.24) is 5.32 Å². The van der Waals surface area contributed by atoms with E-state index in [1.54, 1.807) is 0 Å². The summed E-state index contributed by atoms with van der Waals surface area (Å²) >= 11 is 3.49. The summed E-state index contributed by atoms with van der Waals surface area (Å²) < 4.78 is 6.13. The molecule has 5 heteroatoms. The van der Waals surface area contributed by atoms with Gasteiger partial charge in [0.15, 0.2) is 0 Å². The van der Waals surface area contributed by atoms with Crippen molar-refractivity contribution in [2.75, 3.05) is 13.2 Å². The average Bonchev–Trinajstić information content (AvgIpc) is 3.17. The molecule has 2 aliphatic carbocycles. The Labute approximate surface area is 199 Å². The Balaban J connectivity index is 1.52. The van der Waals surface area contributed by atoms with Crippen LogP contribution < -0.4 is 5.32 Å². The standard InChI is InChI=1S/C27H34BrNO3/c1-18-4-11-23-26(2,22(18)10-7-20-13-15-32-25(20)31)14-12-24(30)27(23,3)17-29-16-19-5-8-21(28)9-6-19/h5-10,13,22-24,29-30H,1,4,11-12,14-17H2,2-3H3/b10-7+/t22-,23+,24-,26+,27+/m1/s1. The number of aliphatic hydroxyl groups is 1. The number of benzene rings is 1. The maximum atomic E-state index is 11.9. The molecule has 2 saturated carbocycles. The van der Waals surface area contributed by atoms with Crippen molar-refractivity contribution in [2.24, 2.45) is 22.7 Å². The first-order chi connectivity index (χ1) is 15.2. The highest BCUT2D eigenvalue weighted by molar-refractivity contribution is 9.10. The van der Waals surface area contributed by atoms with Crippen molar-refractivity contribution in [3.05, 3.63) is 70.3 Å². The van der Waals surface area contributed by atoms with E-state index in [9.17, 15) is 9.90 Å². The molecular formula is C27H34BrNO3. The Morgan fingerprint density at radius 3 is 2.72 bits per heavy atom. The molecule has 0 radical (unpaired) electrons. The normalized spacial score (nSPS) is 35.0. The number of fused-ring (bicyclic) bond motifs is 1. The van der Waals surface area contributed by atoms with Crippen molar-refractivity contribution in [2.45, 2.75) is 52.2 Å². The Kier molecular flexibility index (Phi) is 6.81. The van der Waals surface area contributed by atoms with E-state index in [0.717, 1.165) is 43.2 Å². The zero-order chi connectivity index (χ0) is 22.9. The van der Waals surface area contributed by atoms with Crippen LogP contribution in [0.1, 0.15) is 45.1 Å². The van der Waals surface area contributed by atoms with Crippen LogP contribution in [0.5, 0.6) is 0 Å². The van der Waals surface area contributed by atoms with E-state index in [-0.39, 0.29) is 28.8 Å². The predicted octanol–water partition coefficient (Wildman–Crippen LogP) is 5.33. The number of hydrogen-bond acceptors (Lipinski definition) is 4. The topological polar surface area (TPSA) is 58.6 Å². The Hall–Kier alpha value is -1.69. The maximum Gasteiger partial charge on any atom is 0.338 e. The molecule has 1 aromatic carbocycles. The number of carbonyl (C=O) groups excluding carboxylic acids is 1. The molecule has 4 nitrogen and oxygen atoms in total. The lowest BCUT2D eigenvalue weighted by atomic mass is 9.46. The van der Waals surface area contributed by atoms with Crippen molar-refractivity contribution in [3.63, 3.8) is 0 Å². The van der Waals surface area contributed by atoms with Crippen molar-refractivity contribution < 1.29 is 14.6 Å². The van der Waals surface area contributed by atoms with Crippen LogP contribution in [-0.2, 0) is 16.1 Å². The highest BCUT2D eigenvalue weighted by atomic mass is 79.9. The van der Waals surface area contributed by atoms with Gasteiger partial charge in [0, 0.05) is 28.9 Å². The number of allylic oxidation sites excluding steroid dienone is 2. The van der Waals surface area contributed by atoms with Gasteiger partial charge in [-0.1, -0.05) is 66.2 Å². The smallest absolute Gasteiger partial charge is 0.338 e. The number of cyclic esters (lactones) is 1. The number of carbonyl (C=O) groups is 1. The Morgan fingerprint density at radius 2 is 2.03 bits per heavy atom. The summed E-state index contributed by atoms with van der Waals surface area (Å²) in [6, 6.07) is 8.36. The number of hydrogen-bond donors (Lipinski definition) is 2. The third-order valence-corrected chi connectivity index (χ3v) is 8.71. The summed E-state index contributed by atoms with van der Waals surface area (Å²) in [4.78, 5) is 11.9. The minimum Gasteiger partial charge on any atom is -0.458 e. The molecule has 1 heterocycles.